The van der Waals surface area contributed by atoms with Crippen LogP contribution in [0.2, 0.25) is 5.02 Å². The molecule has 0 aliphatic heterocycles. The fourth-order valence-electron chi connectivity index (χ4n) is 3.84. The molecule has 0 unspecified atom stereocenters. The van der Waals surface area contributed by atoms with Crippen LogP contribution in [0.1, 0.15) is 45.1 Å². The van der Waals surface area contributed by atoms with Gasteiger partial charge in [0.05, 0.1) is 5.02 Å². The van der Waals surface area contributed by atoms with Crippen molar-refractivity contribution in [2.45, 2.75) is 44.9 Å². The SMILES string of the molecule is CC(C)CNCC1(c2cccc(Cl)c2F)CC2(CC2)C1. The van der Waals surface area contributed by atoms with Crippen molar-refractivity contribution < 1.29 is 4.39 Å². The normalized spacial score (nSPS) is 22.1. The van der Waals surface area contributed by atoms with E-state index in [1.165, 1.54) is 12.8 Å². The van der Waals surface area contributed by atoms with E-state index in [-0.39, 0.29) is 16.3 Å². The molecule has 0 aromatic heterocycles. The molecule has 0 bridgehead atoms. The van der Waals surface area contributed by atoms with Crippen molar-refractivity contribution in [3.8, 4) is 0 Å². The van der Waals surface area contributed by atoms with Crippen LogP contribution in [0.4, 0.5) is 4.39 Å². The number of benzene rings is 1. The average Bonchev–Trinajstić information content (AvgIpc) is 3.11. The quantitative estimate of drug-likeness (QED) is 0.841. The summed E-state index contributed by atoms with van der Waals surface area (Å²) in [6, 6.07) is 5.44. The Bertz CT molecular complexity index is 500. The maximum Gasteiger partial charge on any atom is 0.145 e. The van der Waals surface area contributed by atoms with Gasteiger partial charge in [-0.1, -0.05) is 37.6 Å². The minimum atomic E-state index is -0.212. The first-order chi connectivity index (χ1) is 9.46. The number of rotatable bonds is 5. The van der Waals surface area contributed by atoms with Crippen LogP contribution in [-0.2, 0) is 5.41 Å². The summed E-state index contributed by atoms with van der Waals surface area (Å²) in [5.41, 5.74) is 1.31. The summed E-state index contributed by atoms with van der Waals surface area (Å²) in [4.78, 5) is 0. The molecule has 0 heterocycles. The minimum absolute atomic E-state index is 0.0413. The lowest BCUT2D eigenvalue weighted by molar-refractivity contribution is 0.111. The van der Waals surface area contributed by atoms with Crippen molar-refractivity contribution >= 4 is 11.6 Å². The Morgan fingerprint density at radius 2 is 2.00 bits per heavy atom. The van der Waals surface area contributed by atoms with Crippen LogP contribution < -0.4 is 5.32 Å². The smallest absolute Gasteiger partial charge is 0.145 e. The molecule has 2 aliphatic carbocycles. The minimum Gasteiger partial charge on any atom is -0.316 e. The Morgan fingerprint density at radius 1 is 1.30 bits per heavy atom. The average molecular weight is 296 g/mol. The van der Waals surface area contributed by atoms with Crippen LogP contribution >= 0.6 is 11.6 Å². The number of hydrogen-bond acceptors (Lipinski definition) is 1. The van der Waals surface area contributed by atoms with Crippen LogP contribution in [0.5, 0.6) is 0 Å². The van der Waals surface area contributed by atoms with Crippen molar-refractivity contribution in [2.24, 2.45) is 11.3 Å². The lowest BCUT2D eigenvalue weighted by Gasteiger charge is -2.50. The van der Waals surface area contributed by atoms with Gasteiger partial charge in [-0.15, -0.1) is 0 Å². The number of nitrogens with one attached hydrogen (secondary N) is 1. The highest BCUT2D eigenvalue weighted by atomic mass is 35.5. The van der Waals surface area contributed by atoms with Gasteiger partial charge in [-0.25, -0.2) is 4.39 Å². The molecule has 1 aromatic carbocycles. The standard InChI is InChI=1S/C17H23ClFN/c1-12(2)8-20-11-17(9-16(10-17)6-7-16)13-4-3-5-14(18)15(13)19/h3-5,12,20H,6-11H2,1-2H3. The predicted molar refractivity (Wildman–Crippen MR) is 81.7 cm³/mol. The lowest BCUT2D eigenvalue weighted by Crippen LogP contribution is -2.50. The van der Waals surface area contributed by atoms with E-state index >= 15 is 0 Å². The Balaban J connectivity index is 1.81. The van der Waals surface area contributed by atoms with Gasteiger partial charge in [0.25, 0.3) is 0 Å². The Kier molecular flexibility index (Phi) is 3.58. The zero-order valence-corrected chi connectivity index (χ0v) is 13.1. The Labute approximate surface area is 125 Å². The Morgan fingerprint density at radius 3 is 2.60 bits per heavy atom. The van der Waals surface area contributed by atoms with E-state index in [4.69, 9.17) is 11.6 Å². The third kappa shape index (κ3) is 2.48. The first-order valence-corrected chi connectivity index (χ1v) is 7.99. The van der Waals surface area contributed by atoms with Crippen LogP contribution in [0.25, 0.3) is 0 Å². The highest BCUT2D eigenvalue weighted by Gasteiger charge is 2.61. The maximum absolute atomic E-state index is 14.4. The largest absolute Gasteiger partial charge is 0.316 e. The maximum atomic E-state index is 14.4. The molecule has 1 spiro atoms. The van der Waals surface area contributed by atoms with E-state index in [0.29, 0.717) is 11.3 Å². The molecule has 1 N–H and O–H groups in total. The van der Waals surface area contributed by atoms with E-state index in [9.17, 15) is 4.39 Å². The third-order valence-corrected chi connectivity index (χ3v) is 5.21. The highest BCUT2D eigenvalue weighted by molar-refractivity contribution is 6.30. The van der Waals surface area contributed by atoms with Gasteiger partial charge in [-0.05, 0) is 55.2 Å². The van der Waals surface area contributed by atoms with Crippen LogP contribution in [0, 0.1) is 17.2 Å². The molecule has 3 rings (SSSR count). The van der Waals surface area contributed by atoms with Gasteiger partial charge in [0, 0.05) is 12.0 Å². The van der Waals surface area contributed by atoms with Gasteiger partial charge < -0.3 is 5.32 Å². The van der Waals surface area contributed by atoms with E-state index in [1.807, 2.05) is 12.1 Å². The molecule has 110 valence electrons. The molecule has 3 heteroatoms. The van der Waals surface area contributed by atoms with Crippen LogP contribution in [0.3, 0.4) is 0 Å². The van der Waals surface area contributed by atoms with E-state index < -0.39 is 0 Å². The van der Waals surface area contributed by atoms with Gasteiger partial charge in [0.2, 0.25) is 0 Å². The molecule has 0 amide bonds. The third-order valence-electron chi connectivity index (χ3n) is 4.92. The van der Waals surface area contributed by atoms with Crippen LogP contribution in [-0.4, -0.2) is 13.1 Å². The molecular weight excluding hydrogens is 273 g/mol. The molecule has 0 saturated heterocycles. The van der Waals surface area contributed by atoms with Gasteiger partial charge >= 0.3 is 0 Å². The zero-order chi connectivity index (χ0) is 14.4. The van der Waals surface area contributed by atoms with Crippen molar-refractivity contribution in [1.29, 1.82) is 0 Å². The molecule has 20 heavy (non-hydrogen) atoms. The molecular formula is C17H23ClFN. The first kappa shape index (κ1) is 14.3. The van der Waals surface area contributed by atoms with Crippen molar-refractivity contribution in [3.63, 3.8) is 0 Å². The number of hydrogen-bond donors (Lipinski definition) is 1. The molecule has 2 fully saturated rings. The molecule has 0 radical (unpaired) electrons. The molecule has 0 atom stereocenters. The van der Waals surface area contributed by atoms with Gasteiger partial charge in [0.1, 0.15) is 5.82 Å². The van der Waals surface area contributed by atoms with Crippen molar-refractivity contribution in [3.05, 3.63) is 34.6 Å². The van der Waals surface area contributed by atoms with Crippen molar-refractivity contribution in [2.75, 3.05) is 13.1 Å². The van der Waals surface area contributed by atoms with Crippen LogP contribution in [0.15, 0.2) is 18.2 Å². The van der Waals surface area contributed by atoms with Gasteiger partial charge in [-0.2, -0.15) is 0 Å². The fourth-order valence-corrected chi connectivity index (χ4v) is 4.01. The van der Waals surface area contributed by atoms with E-state index in [0.717, 1.165) is 31.5 Å². The summed E-state index contributed by atoms with van der Waals surface area (Å²) < 4.78 is 14.4. The summed E-state index contributed by atoms with van der Waals surface area (Å²) in [5.74, 6) is 0.405. The second kappa shape index (κ2) is 4.99. The molecule has 2 aliphatic rings. The topological polar surface area (TPSA) is 12.0 Å². The van der Waals surface area contributed by atoms with Gasteiger partial charge in [-0.3, -0.25) is 0 Å². The van der Waals surface area contributed by atoms with E-state index in [2.05, 4.69) is 19.2 Å². The highest BCUT2D eigenvalue weighted by Crippen LogP contribution is 2.69. The monoisotopic (exact) mass is 295 g/mol. The predicted octanol–water partition coefficient (Wildman–Crippen LogP) is 4.54. The summed E-state index contributed by atoms with van der Waals surface area (Å²) in [7, 11) is 0. The molecule has 2 saturated carbocycles. The summed E-state index contributed by atoms with van der Waals surface area (Å²) in [6.07, 6.45) is 4.87. The molecule has 1 aromatic rings. The Hall–Kier alpha value is -0.600. The summed E-state index contributed by atoms with van der Waals surface area (Å²) in [5, 5.41) is 3.78. The second-order valence-corrected chi connectivity index (χ2v) is 7.67. The second-order valence-electron chi connectivity index (χ2n) is 7.26. The van der Waals surface area contributed by atoms with E-state index in [1.54, 1.807) is 6.07 Å². The lowest BCUT2D eigenvalue weighted by atomic mass is 9.56. The fraction of sp³-hybridized carbons (Fsp3) is 0.647. The number of halogens is 2. The van der Waals surface area contributed by atoms with Crippen molar-refractivity contribution in [1.82, 2.24) is 5.32 Å². The molecule has 1 nitrogen and oxygen atoms in total. The summed E-state index contributed by atoms with van der Waals surface area (Å²) >= 11 is 5.98. The summed E-state index contributed by atoms with van der Waals surface area (Å²) in [6.45, 7) is 6.24. The first-order valence-electron chi connectivity index (χ1n) is 7.62. The zero-order valence-electron chi connectivity index (χ0n) is 12.3. The van der Waals surface area contributed by atoms with Gasteiger partial charge in [0.15, 0.2) is 0 Å².